The minimum Gasteiger partial charge on any atom is -0.385 e. The second-order valence-electron chi connectivity index (χ2n) is 6.21. The Kier molecular flexibility index (Phi) is 5.35. The van der Waals surface area contributed by atoms with Crippen LogP contribution in [-0.2, 0) is 11.8 Å². The van der Waals surface area contributed by atoms with Crippen LogP contribution in [-0.4, -0.2) is 53.6 Å². The number of amides is 1. The van der Waals surface area contributed by atoms with Gasteiger partial charge in [0.2, 0.25) is 0 Å². The second-order valence-corrected chi connectivity index (χ2v) is 6.21. The van der Waals surface area contributed by atoms with E-state index in [0.717, 1.165) is 37.6 Å². The molecule has 3 rings (SSSR count). The molecule has 134 valence electrons. The molecule has 1 aromatic heterocycles. The number of aliphatic hydroxyl groups excluding tert-OH is 1. The quantitative estimate of drug-likeness (QED) is 0.847. The number of aliphatic hydroxyl groups is 1. The van der Waals surface area contributed by atoms with Crippen LogP contribution >= 0.6 is 0 Å². The highest BCUT2D eigenvalue weighted by molar-refractivity contribution is 5.95. The van der Waals surface area contributed by atoms with Gasteiger partial charge in [0, 0.05) is 44.1 Å². The Balaban J connectivity index is 1.62. The third kappa shape index (κ3) is 4.00. The van der Waals surface area contributed by atoms with E-state index < -0.39 is 6.10 Å². The summed E-state index contributed by atoms with van der Waals surface area (Å²) in [5, 5.41) is 17.0. The van der Waals surface area contributed by atoms with Gasteiger partial charge in [0.05, 0.1) is 18.9 Å². The molecule has 1 fully saturated rings. The number of aryl methyl sites for hydroxylation is 2. The zero-order valence-electron chi connectivity index (χ0n) is 14.6. The minimum atomic E-state index is -0.787. The molecule has 25 heavy (non-hydrogen) atoms. The van der Waals surface area contributed by atoms with E-state index in [1.54, 1.807) is 24.0 Å². The van der Waals surface area contributed by atoms with E-state index in [4.69, 9.17) is 4.74 Å². The van der Waals surface area contributed by atoms with Crippen molar-refractivity contribution in [1.29, 1.82) is 0 Å². The SMILES string of the molecule is Cc1cc(C(=O)NCC(O)c2ccnn2C)ccc1N1CCOCC1. The summed E-state index contributed by atoms with van der Waals surface area (Å²) in [6, 6.07) is 7.42. The number of ether oxygens (including phenoxy) is 1. The van der Waals surface area contributed by atoms with Gasteiger partial charge in [0.1, 0.15) is 6.10 Å². The van der Waals surface area contributed by atoms with Crippen LogP contribution in [0.5, 0.6) is 0 Å². The summed E-state index contributed by atoms with van der Waals surface area (Å²) in [5.41, 5.74) is 3.45. The standard InChI is InChI=1S/C18H24N4O3/c1-13-11-14(3-4-15(13)22-7-9-25-10-8-22)18(24)19-12-17(23)16-5-6-20-21(16)2/h3-6,11,17,23H,7-10,12H2,1-2H3,(H,19,24). The minimum absolute atomic E-state index is 0.141. The Bertz CT molecular complexity index is 738. The van der Waals surface area contributed by atoms with Gasteiger partial charge in [-0.05, 0) is 36.8 Å². The lowest BCUT2D eigenvalue weighted by Gasteiger charge is -2.30. The van der Waals surface area contributed by atoms with Gasteiger partial charge in [-0.25, -0.2) is 0 Å². The van der Waals surface area contributed by atoms with Gasteiger partial charge in [-0.15, -0.1) is 0 Å². The fourth-order valence-corrected chi connectivity index (χ4v) is 3.06. The molecule has 1 aromatic carbocycles. The number of nitrogens with zero attached hydrogens (tertiary/aromatic N) is 3. The Morgan fingerprint density at radius 1 is 1.36 bits per heavy atom. The molecule has 0 saturated carbocycles. The summed E-state index contributed by atoms with van der Waals surface area (Å²) in [7, 11) is 1.76. The second kappa shape index (κ2) is 7.67. The van der Waals surface area contributed by atoms with E-state index in [2.05, 4.69) is 15.3 Å². The van der Waals surface area contributed by atoms with Crippen molar-refractivity contribution in [1.82, 2.24) is 15.1 Å². The highest BCUT2D eigenvalue weighted by Gasteiger charge is 2.16. The molecule has 0 radical (unpaired) electrons. The van der Waals surface area contributed by atoms with Gasteiger partial charge in [0.15, 0.2) is 0 Å². The molecule has 2 aromatic rings. The summed E-state index contributed by atoms with van der Waals surface area (Å²) < 4.78 is 6.98. The molecular formula is C18H24N4O3. The summed E-state index contributed by atoms with van der Waals surface area (Å²) in [6.45, 7) is 5.34. The normalized spacial score (nSPS) is 15.9. The first-order chi connectivity index (χ1) is 12.1. The molecule has 0 spiro atoms. The number of hydrogen-bond acceptors (Lipinski definition) is 5. The first kappa shape index (κ1) is 17.4. The number of benzene rings is 1. The third-order valence-corrected chi connectivity index (χ3v) is 4.47. The van der Waals surface area contributed by atoms with Crippen LogP contribution in [0, 0.1) is 6.92 Å². The molecule has 1 aliphatic rings. The number of carbonyl (C=O) groups excluding carboxylic acids is 1. The Morgan fingerprint density at radius 3 is 2.76 bits per heavy atom. The maximum atomic E-state index is 12.4. The van der Waals surface area contributed by atoms with Crippen LogP contribution in [0.3, 0.4) is 0 Å². The number of morpholine rings is 1. The van der Waals surface area contributed by atoms with Gasteiger partial charge in [0.25, 0.3) is 5.91 Å². The third-order valence-electron chi connectivity index (χ3n) is 4.47. The highest BCUT2D eigenvalue weighted by atomic mass is 16.5. The van der Waals surface area contributed by atoms with E-state index in [9.17, 15) is 9.90 Å². The van der Waals surface area contributed by atoms with Crippen molar-refractivity contribution in [2.24, 2.45) is 7.05 Å². The zero-order valence-corrected chi connectivity index (χ0v) is 14.6. The van der Waals surface area contributed by atoms with E-state index in [1.165, 1.54) is 0 Å². The summed E-state index contributed by atoms with van der Waals surface area (Å²) in [4.78, 5) is 14.6. The average Bonchev–Trinajstić information content (AvgIpc) is 3.06. The number of hydrogen-bond donors (Lipinski definition) is 2. The van der Waals surface area contributed by atoms with Crippen molar-refractivity contribution in [3.05, 3.63) is 47.3 Å². The van der Waals surface area contributed by atoms with Crippen molar-refractivity contribution in [2.75, 3.05) is 37.7 Å². The van der Waals surface area contributed by atoms with E-state index in [1.807, 2.05) is 25.1 Å². The molecule has 2 heterocycles. The van der Waals surface area contributed by atoms with Crippen LogP contribution in [0.4, 0.5) is 5.69 Å². The summed E-state index contributed by atoms with van der Waals surface area (Å²) >= 11 is 0. The largest absolute Gasteiger partial charge is 0.385 e. The smallest absolute Gasteiger partial charge is 0.251 e. The van der Waals surface area contributed by atoms with Crippen LogP contribution in [0.1, 0.15) is 27.7 Å². The fraction of sp³-hybridized carbons (Fsp3) is 0.444. The van der Waals surface area contributed by atoms with Crippen molar-refractivity contribution < 1.29 is 14.6 Å². The number of aromatic nitrogens is 2. The lowest BCUT2D eigenvalue weighted by Crippen LogP contribution is -2.36. The number of anilines is 1. The van der Waals surface area contributed by atoms with Crippen molar-refractivity contribution in [2.45, 2.75) is 13.0 Å². The van der Waals surface area contributed by atoms with Crippen molar-refractivity contribution in [3.8, 4) is 0 Å². The molecule has 0 bridgehead atoms. The Morgan fingerprint density at radius 2 is 2.12 bits per heavy atom. The molecule has 1 amide bonds. The maximum Gasteiger partial charge on any atom is 0.251 e. The van der Waals surface area contributed by atoms with Gasteiger partial charge < -0.3 is 20.1 Å². The molecule has 7 nitrogen and oxygen atoms in total. The Labute approximate surface area is 147 Å². The van der Waals surface area contributed by atoms with Gasteiger partial charge >= 0.3 is 0 Å². The van der Waals surface area contributed by atoms with Crippen LogP contribution in [0.15, 0.2) is 30.5 Å². The summed E-state index contributed by atoms with van der Waals surface area (Å²) in [6.07, 6.45) is 0.832. The molecule has 1 unspecified atom stereocenters. The Hall–Kier alpha value is -2.38. The summed E-state index contributed by atoms with van der Waals surface area (Å²) in [5.74, 6) is -0.196. The molecule has 1 atom stereocenters. The lowest BCUT2D eigenvalue weighted by molar-refractivity contribution is 0.0911. The van der Waals surface area contributed by atoms with Crippen molar-refractivity contribution >= 4 is 11.6 Å². The molecule has 1 saturated heterocycles. The molecule has 7 heteroatoms. The first-order valence-electron chi connectivity index (χ1n) is 8.44. The molecule has 0 aliphatic carbocycles. The lowest BCUT2D eigenvalue weighted by atomic mass is 10.1. The van der Waals surface area contributed by atoms with Crippen molar-refractivity contribution in [3.63, 3.8) is 0 Å². The topological polar surface area (TPSA) is 79.6 Å². The molecule has 1 aliphatic heterocycles. The number of rotatable bonds is 5. The van der Waals surface area contributed by atoms with Crippen LogP contribution in [0.25, 0.3) is 0 Å². The first-order valence-corrected chi connectivity index (χ1v) is 8.44. The zero-order chi connectivity index (χ0) is 17.8. The molecular weight excluding hydrogens is 320 g/mol. The van der Waals surface area contributed by atoms with E-state index >= 15 is 0 Å². The van der Waals surface area contributed by atoms with E-state index in [-0.39, 0.29) is 12.5 Å². The number of carbonyl (C=O) groups is 1. The monoisotopic (exact) mass is 344 g/mol. The van der Waals surface area contributed by atoms with Gasteiger partial charge in [-0.1, -0.05) is 0 Å². The number of nitrogens with one attached hydrogen (secondary N) is 1. The van der Waals surface area contributed by atoms with Gasteiger partial charge in [-0.2, -0.15) is 5.10 Å². The van der Waals surface area contributed by atoms with E-state index in [0.29, 0.717) is 11.3 Å². The maximum absolute atomic E-state index is 12.4. The average molecular weight is 344 g/mol. The van der Waals surface area contributed by atoms with Gasteiger partial charge in [-0.3, -0.25) is 9.48 Å². The fourth-order valence-electron chi connectivity index (χ4n) is 3.06. The van der Waals surface area contributed by atoms with Crippen LogP contribution < -0.4 is 10.2 Å². The van der Waals surface area contributed by atoms with Crippen LogP contribution in [0.2, 0.25) is 0 Å². The predicted molar refractivity (Wildman–Crippen MR) is 94.7 cm³/mol. The molecule has 2 N–H and O–H groups in total. The highest BCUT2D eigenvalue weighted by Crippen LogP contribution is 2.22. The predicted octanol–water partition coefficient (Wildman–Crippen LogP) is 1.03.